The Morgan fingerprint density at radius 3 is 2.80 bits per heavy atom. The number of aryl methyl sites for hydroxylation is 1. The van der Waals surface area contributed by atoms with E-state index in [1.54, 1.807) is 0 Å². The van der Waals surface area contributed by atoms with E-state index >= 15 is 0 Å². The van der Waals surface area contributed by atoms with Gasteiger partial charge < -0.3 is 4.31 Å². The van der Waals surface area contributed by atoms with Crippen molar-refractivity contribution in [3.63, 3.8) is 0 Å². The molecule has 15 heavy (non-hydrogen) atoms. The molecule has 0 fully saturated rings. The molecule has 0 aliphatic heterocycles. The molecular weight excluding hydrogens is 202 g/mol. The Morgan fingerprint density at radius 1 is 1.47 bits per heavy atom. The quantitative estimate of drug-likeness (QED) is 0.692. The maximum Gasteiger partial charge on any atom is 0.0467 e. The zero-order valence-electron chi connectivity index (χ0n) is 9.79. The molecule has 1 aromatic carbocycles. The summed E-state index contributed by atoms with van der Waals surface area (Å²) in [7, 11) is 2.07. The first kappa shape index (κ1) is 12.2. The van der Waals surface area contributed by atoms with Gasteiger partial charge in [-0.1, -0.05) is 49.2 Å². The highest BCUT2D eigenvalue weighted by Gasteiger charge is 2.04. The molecule has 0 amide bonds. The van der Waals surface area contributed by atoms with E-state index in [1.165, 1.54) is 17.5 Å². The Kier molecular flexibility index (Phi) is 4.76. The van der Waals surface area contributed by atoms with E-state index in [-0.39, 0.29) is 0 Å². The van der Waals surface area contributed by atoms with Gasteiger partial charge in [-0.05, 0) is 25.0 Å². The fraction of sp³-hybridized carbons (Fsp3) is 0.385. The molecule has 82 valence electrons. The van der Waals surface area contributed by atoms with Crippen LogP contribution in [0.1, 0.15) is 24.5 Å². The fourth-order valence-corrected chi connectivity index (χ4v) is 2.03. The Morgan fingerprint density at radius 2 is 2.20 bits per heavy atom. The SMILES string of the molecule is C=C(c1cccc(C)c1)N(C)SCCC. The maximum absolute atomic E-state index is 4.12. The van der Waals surface area contributed by atoms with Crippen molar-refractivity contribution in [2.75, 3.05) is 12.8 Å². The van der Waals surface area contributed by atoms with Gasteiger partial charge in [-0.15, -0.1) is 0 Å². The van der Waals surface area contributed by atoms with Crippen LogP contribution in [0, 0.1) is 6.92 Å². The lowest BCUT2D eigenvalue weighted by Gasteiger charge is -2.20. The monoisotopic (exact) mass is 221 g/mol. The first-order valence-corrected chi connectivity index (χ1v) is 6.22. The van der Waals surface area contributed by atoms with Gasteiger partial charge in [0.2, 0.25) is 0 Å². The molecule has 0 atom stereocenters. The van der Waals surface area contributed by atoms with Crippen LogP contribution in [0.15, 0.2) is 30.8 Å². The molecule has 0 aromatic heterocycles. The first-order chi connectivity index (χ1) is 7.15. The summed E-state index contributed by atoms with van der Waals surface area (Å²) in [4.78, 5) is 0. The van der Waals surface area contributed by atoms with Crippen molar-refractivity contribution in [1.82, 2.24) is 4.31 Å². The zero-order chi connectivity index (χ0) is 11.3. The van der Waals surface area contributed by atoms with Crippen molar-refractivity contribution in [2.24, 2.45) is 0 Å². The Balaban J connectivity index is 2.67. The van der Waals surface area contributed by atoms with Crippen LogP contribution >= 0.6 is 11.9 Å². The standard InChI is InChI=1S/C13H19NS/c1-5-9-15-14(4)12(3)13-8-6-7-11(2)10-13/h6-8,10H,3,5,9H2,1-2,4H3. The first-order valence-electron chi connectivity index (χ1n) is 5.27. The summed E-state index contributed by atoms with van der Waals surface area (Å²) >= 11 is 1.82. The second kappa shape index (κ2) is 5.86. The van der Waals surface area contributed by atoms with Crippen molar-refractivity contribution in [1.29, 1.82) is 0 Å². The number of rotatable bonds is 5. The molecule has 0 aliphatic carbocycles. The smallest absolute Gasteiger partial charge is 0.0467 e. The predicted molar refractivity (Wildman–Crippen MR) is 70.7 cm³/mol. The van der Waals surface area contributed by atoms with Crippen molar-refractivity contribution in [3.05, 3.63) is 42.0 Å². The van der Waals surface area contributed by atoms with Gasteiger partial charge in [0.05, 0.1) is 0 Å². The van der Waals surface area contributed by atoms with Crippen molar-refractivity contribution in [2.45, 2.75) is 20.3 Å². The van der Waals surface area contributed by atoms with E-state index in [1.807, 2.05) is 11.9 Å². The summed E-state index contributed by atoms with van der Waals surface area (Å²) in [5, 5.41) is 0. The Labute approximate surface area is 97.3 Å². The molecule has 0 N–H and O–H groups in total. The van der Waals surface area contributed by atoms with Crippen LogP contribution < -0.4 is 0 Å². The largest absolute Gasteiger partial charge is 0.319 e. The van der Waals surface area contributed by atoms with E-state index < -0.39 is 0 Å². The lowest BCUT2D eigenvalue weighted by Crippen LogP contribution is -2.07. The highest BCUT2D eigenvalue weighted by atomic mass is 32.2. The van der Waals surface area contributed by atoms with E-state index in [2.05, 4.69) is 56.0 Å². The van der Waals surface area contributed by atoms with Crippen LogP contribution in [0.4, 0.5) is 0 Å². The minimum atomic E-state index is 1.08. The maximum atomic E-state index is 4.12. The molecule has 0 aliphatic rings. The average molecular weight is 221 g/mol. The van der Waals surface area contributed by atoms with Gasteiger partial charge in [0.1, 0.15) is 0 Å². The van der Waals surface area contributed by atoms with E-state index in [4.69, 9.17) is 0 Å². The summed E-state index contributed by atoms with van der Waals surface area (Å²) < 4.78 is 2.15. The lowest BCUT2D eigenvalue weighted by atomic mass is 10.1. The highest BCUT2D eigenvalue weighted by molar-refractivity contribution is 7.97. The van der Waals surface area contributed by atoms with Gasteiger partial charge in [-0.2, -0.15) is 0 Å². The third kappa shape index (κ3) is 3.63. The van der Waals surface area contributed by atoms with E-state index in [0.29, 0.717) is 0 Å². The molecule has 0 spiro atoms. The topological polar surface area (TPSA) is 3.24 Å². The zero-order valence-corrected chi connectivity index (χ0v) is 10.6. The van der Waals surface area contributed by atoms with Crippen molar-refractivity contribution >= 4 is 17.6 Å². The molecule has 0 heterocycles. The van der Waals surface area contributed by atoms with Gasteiger partial charge in [0.15, 0.2) is 0 Å². The second-order valence-corrected chi connectivity index (χ2v) is 4.86. The number of hydrogen-bond acceptors (Lipinski definition) is 2. The highest BCUT2D eigenvalue weighted by Crippen LogP contribution is 2.23. The minimum absolute atomic E-state index is 1.08. The average Bonchev–Trinajstić information content (AvgIpc) is 2.24. The Bertz CT molecular complexity index is 333. The Hall–Kier alpha value is -0.890. The van der Waals surface area contributed by atoms with Crippen LogP contribution in [0.2, 0.25) is 0 Å². The molecule has 1 aromatic rings. The van der Waals surface area contributed by atoms with E-state index in [0.717, 1.165) is 11.4 Å². The van der Waals surface area contributed by atoms with Crippen LogP contribution in [0.25, 0.3) is 5.70 Å². The second-order valence-electron chi connectivity index (χ2n) is 3.65. The normalized spacial score (nSPS) is 10.1. The number of nitrogens with zero attached hydrogens (tertiary/aromatic N) is 1. The summed E-state index contributed by atoms with van der Waals surface area (Å²) in [6.07, 6.45) is 1.19. The molecular formula is C13H19NS. The van der Waals surface area contributed by atoms with Crippen LogP contribution in [0.3, 0.4) is 0 Å². The molecule has 2 heteroatoms. The van der Waals surface area contributed by atoms with Crippen LogP contribution in [-0.2, 0) is 0 Å². The van der Waals surface area contributed by atoms with Crippen molar-refractivity contribution in [3.8, 4) is 0 Å². The van der Waals surface area contributed by atoms with Gasteiger partial charge in [-0.3, -0.25) is 0 Å². The van der Waals surface area contributed by atoms with Gasteiger partial charge in [0, 0.05) is 18.5 Å². The van der Waals surface area contributed by atoms with Crippen LogP contribution in [-0.4, -0.2) is 17.1 Å². The molecule has 0 saturated heterocycles. The third-order valence-electron chi connectivity index (χ3n) is 2.22. The van der Waals surface area contributed by atoms with Gasteiger partial charge >= 0.3 is 0 Å². The summed E-state index contributed by atoms with van der Waals surface area (Å²) in [6, 6.07) is 8.47. The summed E-state index contributed by atoms with van der Waals surface area (Å²) in [5.41, 5.74) is 3.57. The lowest BCUT2D eigenvalue weighted by molar-refractivity contribution is 0.803. The summed E-state index contributed by atoms with van der Waals surface area (Å²) in [6.45, 7) is 8.42. The van der Waals surface area contributed by atoms with Gasteiger partial charge in [-0.25, -0.2) is 0 Å². The molecule has 1 rings (SSSR count). The molecule has 0 radical (unpaired) electrons. The predicted octanol–water partition coefficient (Wildman–Crippen LogP) is 3.96. The fourth-order valence-electron chi connectivity index (χ4n) is 1.31. The van der Waals surface area contributed by atoms with Crippen LogP contribution in [0.5, 0.6) is 0 Å². The van der Waals surface area contributed by atoms with Crippen molar-refractivity contribution < 1.29 is 0 Å². The number of benzene rings is 1. The molecule has 0 saturated carbocycles. The third-order valence-corrected chi connectivity index (χ3v) is 3.42. The minimum Gasteiger partial charge on any atom is -0.319 e. The van der Waals surface area contributed by atoms with Gasteiger partial charge in [0.25, 0.3) is 0 Å². The number of hydrogen-bond donors (Lipinski definition) is 0. The van der Waals surface area contributed by atoms with E-state index in [9.17, 15) is 0 Å². The molecule has 0 unspecified atom stereocenters. The molecule has 1 nitrogen and oxygen atoms in total. The molecule has 0 bridgehead atoms. The summed E-state index contributed by atoms with van der Waals surface area (Å²) in [5.74, 6) is 1.14.